The zero-order chi connectivity index (χ0) is 29.4. The number of pyridine rings is 1. The average Bonchev–Trinajstić information content (AvgIpc) is 3.32. The SMILES string of the molecule is CN(C)CC=CC(=O)Nc1c(F)ccc2c1OCc1[nH]c(=O)c3c(N)n(C4=CC=C(OC5=CCCC=C5)CC4)nc3c1-2. The highest BCUT2D eigenvalue weighted by Gasteiger charge is 2.29. The Hall–Kier alpha value is -4.90. The maximum absolute atomic E-state index is 15.0. The van der Waals surface area contributed by atoms with Crippen LogP contribution in [-0.4, -0.2) is 46.2 Å². The molecule has 2 aliphatic carbocycles. The van der Waals surface area contributed by atoms with E-state index in [1.54, 1.807) is 16.8 Å². The number of benzene rings is 1. The summed E-state index contributed by atoms with van der Waals surface area (Å²) >= 11 is 0. The molecule has 216 valence electrons. The number of hydrogen-bond acceptors (Lipinski definition) is 7. The summed E-state index contributed by atoms with van der Waals surface area (Å²) in [5.74, 6) is 0.895. The molecule has 0 bridgehead atoms. The van der Waals surface area contributed by atoms with E-state index in [1.165, 1.54) is 12.1 Å². The first-order valence-electron chi connectivity index (χ1n) is 13.8. The number of halogens is 1. The second kappa shape index (κ2) is 11.2. The number of H-pyrrole nitrogens is 1. The summed E-state index contributed by atoms with van der Waals surface area (Å²) in [5, 5.41) is 7.61. The van der Waals surface area contributed by atoms with Gasteiger partial charge in [0.15, 0.2) is 11.6 Å². The number of ether oxygens (including phenoxy) is 2. The van der Waals surface area contributed by atoms with Crippen LogP contribution in [0, 0.1) is 5.82 Å². The van der Waals surface area contributed by atoms with Gasteiger partial charge in [-0.1, -0.05) is 12.2 Å². The fourth-order valence-corrected chi connectivity index (χ4v) is 5.24. The largest absolute Gasteiger partial charge is 0.484 e. The molecule has 1 aromatic carbocycles. The molecule has 10 nitrogen and oxygen atoms in total. The Labute approximate surface area is 241 Å². The molecule has 3 aliphatic rings. The highest BCUT2D eigenvalue weighted by Crippen LogP contribution is 2.45. The van der Waals surface area contributed by atoms with Gasteiger partial charge in [-0.2, -0.15) is 5.10 Å². The van der Waals surface area contributed by atoms with E-state index < -0.39 is 17.3 Å². The number of likely N-dealkylation sites (N-methyl/N-ethyl adjacent to an activating group) is 1. The molecule has 0 radical (unpaired) electrons. The van der Waals surface area contributed by atoms with Gasteiger partial charge in [-0.3, -0.25) is 9.59 Å². The van der Waals surface area contributed by atoms with Crippen LogP contribution in [0.15, 0.2) is 71.0 Å². The number of nitrogens with one attached hydrogen (secondary N) is 2. The minimum absolute atomic E-state index is 0.0422. The Morgan fingerprint density at radius 3 is 2.88 bits per heavy atom. The lowest BCUT2D eigenvalue weighted by atomic mass is 9.97. The molecule has 0 saturated heterocycles. The highest BCUT2D eigenvalue weighted by atomic mass is 19.1. The van der Waals surface area contributed by atoms with Gasteiger partial charge >= 0.3 is 0 Å². The van der Waals surface area contributed by atoms with E-state index in [4.69, 9.17) is 20.3 Å². The van der Waals surface area contributed by atoms with Gasteiger partial charge in [0.1, 0.15) is 40.5 Å². The lowest BCUT2D eigenvalue weighted by Gasteiger charge is -2.23. The normalized spacial score (nSPS) is 16.0. The number of amides is 1. The summed E-state index contributed by atoms with van der Waals surface area (Å²) in [7, 11) is 3.75. The lowest BCUT2D eigenvalue weighted by Crippen LogP contribution is -2.19. The summed E-state index contributed by atoms with van der Waals surface area (Å²) in [6, 6.07) is 2.80. The van der Waals surface area contributed by atoms with Crippen LogP contribution >= 0.6 is 0 Å². The molecule has 3 heterocycles. The number of aromatic amines is 1. The maximum atomic E-state index is 15.0. The lowest BCUT2D eigenvalue weighted by molar-refractivity contribution is -0.112. The second-order valence-corrected chi connectivity index (χ2v) is 10.5. The third-order valence-corrected chi connectivity index (χ3v) is 7.25. The number of rotatable bonds is 7. The van der Waals surface area contributed by atoms with Crippen LogP contribution in [0.5, 0.6) is 5.75 Å². The number of carbonyl (C=O) groups excluding carboxylic acids is 1. The van der Waals surface area contributed by atoms with Gasteiger partial charge < -0.3 is 30.4 Å². The molecule has 0 spiro atoms. The fraction of sp³-hybridized carbons (Fsp3) is 0.258. The molecule has 4 N–H and O–H groups in total. The van der Waals surface area contributed by atoms with Crippen LogP contribution in [0.1, 0.15) is 31.4 Å². The van der Waals surface area contributed by atoms with Crippen LogP contribution < -0.4 is 21.3 Å². The molecule has 1 amide bonds. The molecule has 2 aromatic heterocycles. The van der Waals surface area contributed by atoms with Crippen LogP contribution in [0.2, 0.25) is 0 Å². The molecule has 1 aliphatic heterocycles. The van der Waals surface area contributed by atoms with Crippen molar-refractivity contribution < 1.29 is 18.7 Å². The number of nitrogens with zero attached hydrogens (tertiary/aromatic N) is 3. The van der Waals surface area contributed by atoms with E-state index in [9.17, 15) is 14.0 Å². The number of allylic oxidation sites excluding steroid dienone is 7. The number of carbonyl (C=O) groups is 1. The van der Waals surface area contributed by atoms with E-state index in [0.717, 1.165) is 30.1 Å². The zero-order valence-electron chi connectivity index (χ0n) is 23.4. The van der Waals surface area contributed by atoms with Crippen LogP contribution in [0.3, 0.4) is 0 Å². The maximum Gasteiger partial charge on any atom is 0.261 e. The predicted molar refractivity (Wildman–Crippen MR) is 160 cm³/mol. The van der Waals surface area contributed by atoms with E-state index in [2.05, 4.69) is 22.5 Å². The van der Waals surface area contributed by atoms with Crippen molar-refractivity contribution in [3.05, 3.63) is 88.0 Å². The number of aromatic nitrogens is 3. The Morgan fingerprint density at radius 2 is 2.14 bits per heavy atom. The standard InChI is InChI=1S/C31H31FN6O4/c1-37(2)16-6-9-24(39)35-27-22(32)15-14-21-25-23(17-41-29(21)27)34-31(40)26-28(25)36-38(30(26)33)18-10-12-20(13-11-18)42-19-7-4-3-5-8-19/h4,6-10,12,14-15H,3,5,11,13,16-17,33H2,1-2H3,(H,34,40)(H,35,39). The minimum atomic E-state index is -0.645. The van der Waals surface area contributed by atoms with Crippen molar-refractivity contribution in [2.75, 3.05) is 31.7 Å². The van der Waals surface area contributed by atoms with Gasteiger partial charge in [0.05, 0.1) is 5.69 Å². The van der Waals surface area contributed by atoms with E-state index >= 15 is 0 Å². The molecule has 3 aromatic rings. The van der Waals surface area contributed by atoms with Crippen molar-refractivity contribution in [1.82, 2.24) is 19.7 Å². The van der Waals surface area contributed by atoms with Gasteiger partial charge in [0.2, 0.25) is 5.91 Å². The topological polar surface area (TPSA) is 128 Å². The van der Waals surface area contributed by atoms with Crippen molar-refractivity contribution in [3.63, 3.8) is 0 Å². The molecule has 0 saturated carbocycles. The molecular weight excluding hydrogens is 539 g/mol. The number of hydrogen-bond donors (Lipinski definition) is 3. The molecule has 11 heteroatoms. The van der Waals surface area contributed by atoms with Crippen molar-refractivity contribution in [3.8, 4) is 16.9 Å². The monoisotopic (exact) mass is 570 g/mol. The Morgan fingerprint density at radius 1 is 1.29 bits per heavy atom. The van der Waals surface area contributed by atoms with Crippen molar-refractivity contribution in [1.29, 1.82) is 0 Å². The van der Waals surface area contributed by atoms with Crippen LogP contribution in [-0.2, 0) is 16.1 Å². The van der Waals surface area contributed by atoms with E-state index in [1.807, 2.05) is 37.2 Å². The van der Waals surface area contributed by atoms with Crippen molar-refractivity contribution in [2.45, 2.75) is 32.3 Å². The minimum Gasteiger partial charge on any atom is -0.484 e. The summed E-state index contributed by atoms with van der Waals surface area (Å²) in [6.45, 7) is 0.512. The molecule has 0 fully saturated rings. The quantitative estimate of drug-likeness (QED) is 0.347. The van der Waals surface area contributed by atoms with E-state index in [-0.39, 0.29) is 29.2 Å². The number of nitrogens with two attached hydrogens (primary N) is 1. The molecule has 0 unspecified atom stereocenters. The smallest absolute Gasteiger partial charge is 0.261 e. The first-order chi connectivity index (χ1) is 20.3. The second-order valence-electron chi connectivity index (χ2n) is 10.5. The summed E-state index contributed by atoms with van der Waals surface area (Å²) in [6.07, 6.45) is 16.2. The Kier molecular flexibility index (Phi) is 7.26. The third kappa shape index (κ3) is 5.14. The fourth-order valence-electron chi connectivity index (χ4n) is 5.24. The molecule has 42 heavy (non-hydrogen) atoms. The third-order valence-electron chi connectivity index (χ3n) is 7.25. The summed E-state index contributed by atoms with van der Waals surface area (Å²) in [5.41, 5.74) is 8.75. The average molecular weight is 571 g/mol. The highest BCUT2D eigenvalue weighted by molar-refractivity contribution is 6.05. The first-order valence-corrected chi connectivity index (χ1v) is 13.8. The molecule has 0 atom stereocenters. The van der Waals surface area contributed by atoms with Gasteiger partial charge in [-0.25, -0.2) is 9.07 Å². The molecule has 6 rings (SSSR count). The van der Waals surface area contributed by atoms with E-state index in [0.29, 0.717) is 41.7 Å². The van der Waals surface area contributed by atoms with Crippen LogP contribution in [0.25, 0.3) is 27.7 Å². The van der Waals surface area contributed by atoms with Gasteiger partial charge in [-0.15, -0.1) is 0 Å². The molecular formula is C31H31FN6O4. The van der Waals surface area contributed by atoms with Gasteiger partial charge in [0, 0.05) is 35.9 Å². The zero-order valence-corrected chi connectivity index (χ0v) is 23.4. The van der Waals surface area contributed by atoms with Crippen LogP contribution in [0.4, 0.5) is 15.9 Å². The van der Waals surface area contributed by atoms with Gasteiger partial charge in [0.25, 0.3) is 5.56 Å². The number of nitrogen functional groups attached to an aromatic ring is 1. The summed E-state index contributed by atoms with van der Waals surface area (Å²) in [4.78, 5) is 30.4. The number of fused-ring (bicyclic) bond motifs is 5. The predicted octanol–water partition coefficient (Wildman–Crippen LogP) is 4.83. The first kappa shape index (κ1) is 27.3. The summed E-state index contributed by atoms with van der Waals surface area (Å²) < 4.78 is 28.4. The van der Waals surface area contributed by atoms with Crippen molar-refractivity contribution in [2.24, 2.45) is 0 Å². The Balaban J connectivity index is 1.38. The Bertz CT molecular complexity index is 1810. The van der Waals surface area contributed by atoms with Gasteiger partial charge in [-0.05, 0) is 69.8 Å². The number of anilines is 2. The van der Waals surface area contributed by atoms with Crippen molar-refractivity contribution >= 4 is 34.0 Å².